The molecule has 9 nitrogen and oxygen atoms in total. The monoisotopic (exact) mass is 487 g/mol. The van der Waals surface area contributed by atoms with Crippen molar-refractivity contribution < 1.29 is 0 Å². The zero-order chi connectivity index (χ0) is 25.6. The number of anilines is 1. The molecule has 0 aliphatic heterocycles. The van der Waals surface area contributed by atoms with Crippen molar-refractivity contribution in [2.24, 2.45) is 5.41 Å². The minimum atomic E-state index is -0.0712. The van der Waals surface area contributed by atoms with Gasteiger partial charge in [0.1, 0.15) is 5.52 Å². The fourth-order valence-electron chi connectivity index (χ4n) is 4.02. The molecule has 3 N–H and O–H groups in total. The summed E-state index contributed by atoms with van der Waals surface area (Å²) < 4.78 is 0. The molecule has 0 aromatic carbocycles. The number of aromatic nitrogens is 8. The molecule has 0 radical (unpaired) electrons. The highest BCUT2D eigenvalue weighted by molar-refractivity contribution is 5.95. The van der Waals surface area contributed by atoms with Gasteiger partial charge in [0.15, 0.2) is 11.5 Å². The maximum Gasteiger partial charge on any atom is 0.161 e. The van der Waals surface area contributed by atoms with Crippen LogP contribution < -0.4 is 5.32 Å². The normalized spacial score (nSPS) is 11.8. The van der Waals surface area contributed by atoms with Crippen LogP contribution in [0.3, 0.4) is 0 Å². The van der Waals surface area contributed by atoms with Crippen molar-refractivity contribution in [3.05, 3.63) is 79.8 Å². The molecule has 6 aromatic heterocycles. The molecule has 0 aliphatic rings. The molecular weight excluding hydrogens is 462 g/mol. The molecule has 6 rings (SSSR count). The number of rotatable bonds is 5. The fourth-order valence-corrected chi connectivity index (χ4v) is 4.02. The van der Waals surface area contributed by atoms with Crippen molar-refractivity contribution in [3.63, 3.8) is 0 Å². The Labute approximate surface area is 213 Å². The number of hydrogen-bond donors (Lipinski definition) is 3. The fraction of sp³-hybridized carbons (Fsp3) is 0.143. The van der Waals surface area contributed by atoms with E-state index in [4.69, 9.17) is 9.97 Å². The summed E-state index contributed by atoms with van der Waals surface area (Å²) in [6.45, 7) is 10.5. The van der Waals surface area contributed by atoms with E-state index in [0.29, 0.717) is 17.0 Å². The summed E-state index contributed by atoms with van der Waals surface area (Å²) in [6.07, 6.45) is 10.7. The van der Waals surface area contributed by atoms with Gasteiger partial charge in [0, 0.05) is 47.0 Å². The van der Waals surface area contributed by atoms with Crippen molar-refractivity contribution in [1.29, 1.82) is 0 Å². The molecule has 0 bridgehead atoms. The summed E-state index contributed by atoms with van der Waals surface area (Å²) in [5, 5.41) is 11.0. The van der Waals surface area contributed by atoms with Crippen LogP contribution in [0.4, 0.5) is 5.69 Å². The van der Waals surface area contributed by atoms with Crippen molar-refractivity contribution in [1.82, 2.24) is 40.1 Å². The Hall–Kier alpha value is -4.92. The minimum absolute atomic E-state index is 0.0712. The second kappa shape index (κ2) is 8.63. The zero-order valence-corrected chi connectivity index (χ0v) is 20.7. The summed E-state index contributed by atoms with van der Waals surface area (Å²) >= 11 is 0. The third-order valence-electron chi connectivity index (χ3n) is 6.25. The van der Waals surface area contributed by atoms with E-state index in [9.17, 15) is 0 Å². The van der Waals surface area contributed by atoms with Gasteiger partial charge in [-0.25, -0.2) is 9.97 Å². The molecule has 9 heteroatoms. The van der Waals surface area contributed by atoms with Gasteiger partial charge in [-0.3, -0.25) is 20.1 Å². The van der Waals surface area contributed by atoms with Crippen LogP contribution in [0.2, 0.25) is 0 Å². The Kier molecular flexibility index (Phi) is 5.26. The van der Waals surface area contributed by atoms with Gasteiger partial charge in [0.2, 0.25) is 0 Å². The van der Waals surface area contributed by atoms with Crippen LogP contribution in [0.25, 0.3) is 56.0 Å². The lowest BCUT2D eigenvalue weighted by Crippen LogP contribution is -2.15. The number of H-pyrrole nitrogens is 2. The molecule has 37 heavy (non-hydrogen) atoms. The maximum absolute atomic E-state index is 4.93. The predicted octanol–water partition coefficient (Wildman–Crippen LogP) is 5.99. The predicted molar refractivity (Wildman–Crippen MR) is 145 cm³/mol. The van der Waals surface area contributed by atoms with Gasteiger partial charge < -0.3 is 10.3 Å². The van der Waals surface area contributed by atoms with Crippen LogP contribution >= 0.6 is 0 Å². The molecule has 0 fully saturated rings. The van der Waals surface area contributed by atoms with Gasteiger partial charge in [-0.2, -0.15) is 5.10 Å². The first kappa shape index (κ1) is 22.5. The standard InChI is InChI=1S/C28H25N9/c1-16(28(2,3)4)32-19-11-18(12-30-13-19)21-5-6-22-25(33-21)26(37-36-22)27-34-23-15-31-14-20(24(23)35-27)17-7-9-29-10-8-17/h5-15,32H,1H2,2-4H3,(H,34,35)(H,36,37). The SMILES string of the molecule is C=C(Nc1cncc(-c2ccc3[nH]nc(-c4nc5c(-c6ccncc6)cncc5[nH]4)c3n2)c1)C(C)(C)C. The first-order valence-electron chi connectivity index (χ1n) is 11.9. The van der Waals surface area contributed by atoms with E-state index in [2.05, 4.69) is 62.8 Å². The van der Waals surface area contributed by atoms with Crippen molar-refractivity contribution >= 4 is 27.8 Å². The number of hydrogen-bond acceptors (Lipinski definition) is 7. The molecule has 0 aliphatic carbocycles. The highest BCUT2D eigenvalue weighted by Crippen LogP contribution is 2.32. The lowest BCUT2D eigenvalue weighted by Gasteiger charge is -2.23. The Morgan fingerprint density at radius 3 is 2.46 bits per heavy atom. The van der Waals surface area contributed by atoms with Gasteiger partial charge in [-0.15, -0.1) is 0 Å². The quantitative estimate of drug-likeness (QED) is 0.273. The third-order valence-corrected chi connectivity index (χ3v) is 6.25. The van der Waals surface area contributed by atoms with E-state index in [1.165, 1.54) is 0 Å². The largest absolute Gasteiger partial charge is 0.358 e. The van der Waals surface area contributed by atoms with Crippen molar-refractivity contribution in [2.45, 2.75) is 20.8 Å². The van der Waals surface area contributed by atoms with Gasteiger partial charge in [-0.05, 0) is 35.9 Å². The highest BCUT2D eigenvalue weighted by atomic mass is 15.2. The van der Waals surface area contributed by atoms with Crippen LogP contribution in [-0.2, 0) is 0 Å². The molecule has 6 aromatic rings. The van der Waals surface area contributed by atoms with Gasteiger partial charge in [0.25, 0.3) is 0 Å². The summed E-state index contributed by atoms with van der Waals surface area (Å²) in [4.78, 5) is 26.1. The third kappa shape index (κ3) is 4.20. The average Bonchev–Trinajstić information content (AvgIpc) is 3.52. The van der Waals surface area contributed by atoms with E-state index in [1.807, 2.05) is 36.5 Å². The first-order valence-corrected chi connectivity index (χ1v) is 11.9. The van der Waals surface area contributed by atoms with Gasteiger partial charge in [-0.1, -0.05) is 27.4 Å². The molecule has 0 amide bonds. The highest BCUT2D eigenvalue weighted by Gasteiger charge is 2.18. The Morgan fingerprint density at radius 1 is 0.838 bits per heavy atom. The molecule has 0 saturated heterocycles. The summed E-state index contributed by atoms with van der Waals surface area (Å²) in [7, 11) is 0. The molecule has 0 spiro atoms. The topological polar surface area (TPSA) is 121 Å². The number of nitrogens with one attached hydrogen (secondary N) is 3. The van der Waals surface area contributed by atoms with E-state index in [1.54, 1.807) is 31.0 Å². The Morgan fingerprint density at radius 2 is 1.65 bits per heavy atom. The summed E-state index contributed by atoms with van der Waals surface area (Å²) in [5.41, 5.74) is 9.08. The van der Waals surface area contributed by atoms with Crippen LogP contribution in [0.15, 0.2) is 79.8 Å². The number of pyridine rings is 4. The van der Waals surface area contributed by atoms with Gasteiger partial charge >= 0.3 is 0 Å². The van der Waals surface area contributed by atoms with Crippen LogP contribution in [0, 0.1) is 5.41 Å². The lowest BCUT2D eigenvalue weighted by atomic mass is 9.93. The number of aromatic amines is 2. The molecule has 6 heterocycles. The smallest absolute Gasteiger partial charge is 0.161 e. The van der Waals surface area contributed by atoms with Gasteiger partial charge in [0.05, 0.1) is 40.3 Å². The average molecular weight is 488 g/mol. The summed E-state index contributed by atoms with van der Waals surface area (Å²) in [6, 6.07) is 9.82. The number of allylic oxidation sites excluding steroid dienone is 1. The maximum atomic E-state index is 4.93. The van der Waals surface area contributed by atoms with E-state index in [0.717, 1.165) is 50.3 Å². The Bertz CT molecular complexity index is 1760. The molecule has 0 saturated carbocycles. The van der Waals surface area contributed by atoms with E-state index < -0.39 is 0 Å². The summed E-state index contributed by atoms with van der Waals surface area (Å²) in [5.74, 6) is 0.615. The molecule has 0 atom stereocenters. The van der Waals surface area contributed by atoms with Crippen molar-refractivity contribution in [2.75, 3.05) is 5.32 Å². The molecule has 182 valence electrons. The molecule has 0 unspecified atom stereocenters. The number of imidazole rings is 1. The lowest BCUT2D eigenvalue weighted by molar-refractivity contribution is 0.509. The Balaban J connectivity index is 1.40. The number of fused-ring (bicyclic) bond motifs is 2. The first-order chi connectivity index (χ1) is 17.9. The van der Waals surface area contributed by atoms with E-state index in [-0.39, 0.29) is 5.41 Å². The van der Waals surface area contributed by atoms with Crippen LogP contribution in [-0.4, -0.2) is 40.1 Å². The van der Waals surface area contributed by atoms with Crippen LogP contribution in [0.1, 0.15) is 20.8 Å². The second-order valence-corrected chi connectivity index (χ2v) is 9.89. The van der Waals surface area contributed by atoms with E-state index >= 15 is 0 Å². The van der Waals surface area contributed by atoms with Crippen molar-refractivity contribution in [3.8, 4) is 33.9 Å². The zero-order valence-electron chi connectivity index (χ0n) is 20.7. The molecular formula is C28H25N9. The minimum Gasteiger partial charge on any atom is -0.358 e. The van der Waals surface area contributed by atoms with Crippen LogP contribution in [0.5, 0.6) is 0 Å². The second-order valence-electron chi connectivity index (χ2n) is 9.89. The number of nitrogens with zero attached hydrogens (tertiary/aromatic N) is 6.